The number of halogens is 1. The van der Waals surface area contributed by atoms with E-state index < -0.39 is 0 Å². The van der Waals surface area contributed by atoms with Gasteiger partial charge in [-0.25, -0.2) is 4.98 Å². The normalized spacial score (nSPS) is 9.30. The number of carbonyl (C=O) groups is 1. The lowest BCUT2D eigenvalue weighted by atomic mass is 10.3. The van der Waals surface area contributed by atoms with Crippen LogP contribution < -0.4 is 0 Å². The molecular weight excluding hydrogens is 150 g/mol. The molecule has 1 aromatic rings. The van der Waals surface area contributed by atoms with E-state index >= 15 is 0 Å². The van der Waals surface area contributed by atoms with E-state index in [9.17, 15) is 4.79 Å². The fourth-order valence-electron chi connectivity index (χ4n) is 0.638. The average Bonchev–Trinajstić information content (AvgIpc) is 2.05. The summed E-state index contributed by atoms with van der Waals surface area (Å²) in [7, 11) is 0. The lowest BCUT2D eigenvalue weighted by Gasteiger charge is -1.92. The third-order valence-electron chi connectivity index (χ3n) is 1.09. The van der Waals surface area contributed by atoms with Gasteiger partial charge in [-0.3, -0.25) is 4.79 Å². The number of carbonyl (C=O) groups excluding carboxylic acids is 1. The van der Waals surface area contributed by atoms with Gasteiger partial charge in [0.2, 0.25) is 0 Å². The van der Waals surface area contributed by atoms with Crippen molar-refractivity contribution in [3.63, 3.8) is 0 Å². The summed E-state index contributed by atoms with van der Waals surface area (Å²) in [4.78, 5) is 14.1. The largest absolute Gasteiger partial charge is 0.296 e. The second-order valence-electron chi connectivity index (χ2n) is 1.81. The molecule has 0 radical (unpaired) electrons. The molecule has 0 unspecified atom stereocenters. The smallest absolute Gasteiger partial charge is 0.168 e. The van der Waals surface area contributed by atoms with Gasteiger partial charge in [-0.1, -0.05) is 6.07 Å². The predicted molar refractivity (Wildman–Crippen MR) is 39.2 cm³/mol. The van der Waals surface area contributed by atoms with Gasteiger partial charge in [0.05, 0.1) is 11.6 Å². The minimum atomic E-state index is 0.349. The molecule has 0 aromatic carbocycles. The molecule has 1 rings (SSSR count). The SMILES string of the molecule is O=Cc1cccc(CCl)n1. The second kappa shape index (κ2) is 3.32. The van der Waals surface area contributed by atoms with Gasteiger partial charge < -0.3 is 0 Å². The summed E-state index contributed by atoms with van der Waals surface area (Å²) >= 11 is 5.48. The maximum atomic E-state index is 10.2. The van der Waals surface area contributed by atoms with Crippen molar-refractivity contribution >= 4 is 17.9 Å². The van der Waals surface area contributed by atoms with Gasteiger partial charge in [0, 0.05) is 0 Å². The first kappa shape index (κ1) is 7.22. The van der Waals surface area contributed by atoms with E-state index in [1.807, 2.05) is 0 Å². The summed E-state index contributed by atoms with van der Waals surface area (Å²) in [6, 6.07) is 5.18. The molecule has 10 heavy (non-hydrogen) atoms. The highest BCUT2D eigenvalue weighted by Crippen LogP contribution is 1.99. The van der Waals surface area contributed by atoms with Crippen LogP contribution in [0.25, 0.3) is 0 Å². The Morgan fingerprint density at radius 1 is 1.60 bits per heavy atom. The molecule has 3 heteroatoms. The zero-order chi connectivity index (χ0) is 7.40. The summed E-state index contributed by atoms with van der Waals surface area (Å²) in [5, 5.41) is 0. The number of alkyl halides is 1. The molecule has 0 aliphatic heterocycles. The third-order valence-corrected chi connectivity index (χ3v) is 1.36. The molecule has 0 saturated heterocycles. The molecule has 0 atom stereocenters. The average molecular weight is 156 g/mol. The van der Waals surface area contributed by atoms with Crippen molar-refractivity contribution in [3.05, 3.63) is 29.6 Å². The summed E-state index contributed by atoms with van der Waals surface area (Å²) in [5.41, 5.74) is 1.16. The molecule has 0 aliphatic rings. The molecule has 1 aromatic heterocycles. The molecule has 0 bridgehead atoms. The highest BCUT2D eigenvalue weighted by atomic mass is 35.5. The Kier molecular flexibility index (Phi) is 2.40. The van der Waals surface area contributed by atoms with Gasteiger partial charge in [0.25, 0.3) is 0 Å². The molecule has 52 valence electrons. The van der Waals surface area contributed by atoms with Crippen molar-refractivity contribution in [2.75, 3.05) is 0 Å². The van der Waals surface area contributed by atoms with Crippen LogP contribution in [-0.2, 0) is 5.88 Å². The minimum Gasteiger partial charge on any atom is -0.296 e. The van der Waals surface area contributed by atoms with Crippen molar-refractivity contribution in [1.29, 1.82) is 0 Å². The van der Waals surface area contributed by atoms with Gasteiger partial charge in [-0.2, -0.15) is 0 Å². The Labute approximate surface area is 63.8 Å². The summed E-state index contributed by atoms with van der Waals surface area (Å²) in [6.45, 7) is 0. The van der Waals surface area contributed by atoms with Crippen LogP contribution >= 0.6 is 11.6 Å². The molecule has 0 saturated carbocycles. The fraction of sp³-hybridized carbons (Fsp3) is 0.143. The predicted octanol–water partition coefficient (Wildman–Crippen LogP) is 1.63. The van der Waals surface area contributed by atoms with E-state index in [4.69, 9.17) is 11.6 Å². The maximum Gasteiger partial charge on any atom is 0.168 e. The van der Waals surface area contributed by atoms with Gasteiger partial charge in [-0.05, 0) is 12.1 Å². The number of hydrogen-bond donors (Lipinski definition) is 0. The van der Waals surface area contributed by atoms with Crippen molar-refractivity contribution in [2.45, 2.75) is 5.88 Å². The third kappa shape index (κ3) is 1.54. The van der Waals surface area contributed by atoms with E-state index in [1.165, 1.54) is 0 Å². The maximum absolute atomic E-state index is 10.2. The summed E-state index contributed by atoms with van der Waals surface area (Å²) in [6.07, 6.45) is 0.704. The fourth-order valence-corrected chi connectivity index (χ4v) is 0.787. The van der Waals surface area contributed by atoms with Crippen LogP contribution in [0.15, 0.2) is 18.2 Å². The van der Waals surface area contributed by atoms with Crippen LogP contribution in [0, 0.1) is 0 Å². The van der Waals surface area contributed by atoms with Gasteiger partial charge in [0.15, 0.2) is 6.29 Å². The van der Waals surface area contributed by atoms with Crippen LogP contribution in [0.1, 0.15) is 16.2 Å². The van der Waals surface area contributed by atoms with E-state index in [-0.39, 0.29) is 0 Å². The number of rotatable bonds is 2. The Balaban J connectivity index is 2.98. The molecule has 0 spiro atoms. The van der Waals surface area contributed by atoms with E-state index in [0.717, 1.165) is 5.69 Å². The monoisotopic (exact) mass is 155 g/mol. The summed E-state index contributed by atoms with van der Waals surface area (Å²) < 4.78 is 0. The quantitative estimate of drug-likeness (QED) is 0.480. The molecule has 0 N–H and O–H groups in total. The Bertz CT molecular complexity index is 237. The zero-order valence-electron chi connectivity index (χ0n) is 5.25. The first-order valence-electron chi connectivity index (χ1n) is 2.84. The van der Waals surface area contributed by atoms with Crippen molar-refractivity contribution in [2.24, 2.45) is 0 Å². The van der Waals surface area contributed by atoms with Crippen molar-refractivity contribution in [1.82, 2.24) is 4.98 Å². The minimum absolute atomic E-state index is 0.349. The highest BCUT2D eigenvalue weighted by molar-refractivity contribution is 6.16. The van der Waals surface area contributed by atoms with Crippen LogP contribution in [0.2, 0.25) is 0 Å². The van der Waals surface area contributed by atoms with E-state index in [0.29, 0.717) is 17.9 Å². The Hall–Kier alpha value is -0.890. The first-order valence-corrected chi connectivity index (χ1v) is 3.37. The first-order chi connectivity index (χ1) is 4.86. The second-order valence-corrected chi connectivity index (χ2v) is 2.07. The molecule has 1 heterocycles. The van der Waals surface area contributed by atoms with E-state index in [1.54, 1.807) is 18.2 Å². The number of hydrogen-bond acceptors (Lipinski definition) is 2. The number of aromatic nitrogens is 1. The summed E-state index contributed by atoms with van der Waals surface area (Å²) in [5.74, 6) is 0.349. The zero-order valence-corrected chi connectivity index (χ0v) is 6.01. The van der Waals surface area contributed by atoms with Crippen LogP contribution in [0.4, 0.5) is 0 Å². The Morgan fingerprint density at radius 3 is 3.00 bits per heavy atom. The number of pyridine rings is 1. The standard InChI is InChI=1S/C7H6ClNO/c8-4-6-2-1-3-7(5-10)9-6/h1-3,5H,4H2. The number of nitrogens with zero attached hydrogens (tertiary/aromatic N) is 1. The molecule has 0 aliphatic carbocycles. The van der Waals surface area contributed by atoms with Gasteiger partial charge >= 0.3 is 0 Å². The van der Waals surface area contributed by atoms with Crippen LogP contribution in [-0.4, -0.2) is 11.3 Å². The Morgan fingerprint density at radius 2 is 2.40 bits per heavy atom. The number of aldehydes is 1. The molecule has 0 amide bonds. The van der Waals surface area contributed by atoms with E-state index in [2.05, 4.69) is 4.98 Å². The highest BCUT2D eigenvalue weighted by Gasteiger charge is 1.92. The van der Waals surface area contributed by atoms with Gasteiger partial charge in [0.1, 0.15) is 5.69 Å². The van der Waals surface area contributed by atoms with Crippen LogP contribution in [0.5, 0.6) is 0 Å². The topological polar surface area (TPSA) is 30.0 Å². The molecule has 0 fully saturated rings. The molecule has 2 nitrogen and oxygen atoms in total. The lowest BCUT2D eigenvalue weighted by Crippen LogP contribution is -1.89. The van der Waals surface area contributed by atoms with Crippen molar-refractivity contribution in [3.8, 4) is 0 Å². The van der Waals surface area contributed by atoms with Gasteiger partial charge in [-0.15, -0.1) is 11.6 Å². The lowest BCUT2D eigenvalue weighted by molar-refractivity contribution is 0.111. The van der Waals surface area contributed by atoms with Crippen molar-refractivity contribution < 1.29 is 4.79 Å². The molecular formula is C7H6ClNO. The van der Waals surface area contributed by atoms with Crippen LogP contribution in [0.3, 0.4) is 0 Å².